The summed E-state index contributed by atoms with van der Waals surface area (Å²) in [5.41, 5.74) is 5.23. The summed E-state index contributed by atoms with van der Waals surface area (Å²) in [5, 5.41) is 4.19. The van der Waals surface area contributed by atoms with Gasteiger partial charge >= 0.3 is 0 Å². The van der Waals surface area contributed by atoms with Crippen molar-refractivity contribution in [2.75, 3.05) is 18.5 Å². The second-order valence-corrected chi connectivity index (χ2v) is 5.35. The number of fused-ring (bicyclic) bond motifs is 1. The van der Waals surface area contributed by atoms with Gasteiger partial charge in [-0.2, -0.15) is 0 Å². The van der Waals surface area contributed by atoms with E-state index in [-0.39, 0.29) is 0 Å². The Bertz CT molecular complexity index is 578. The van der Waals surface area contributed by atoms with E-state index in [9.17, 15) is 0 Å². The number of hydrogen-bond acceptors (Lipinski definition) is 2. The van der Waals surface area contributed by atoms with Crippen LogP contribution in [-0.2, 0) is 13.0 Å². The molecule has 0 saturated heterocycles. The Morgan fingerprint density at radius 3 is 2.53 bits per heavy atom. The van der Waals surface area contributed by atoms with Gasteiger partial charge in [-0.3, -0.25) is 0 Å². The van der Waals surface area contributed by atoms with Crippen LogP contribution in [0.5, 0.6) is 0 Å². The van der Waals surface area contributed by atoms with Crippen molar-refractivity contribution in [3.8, 4) is 0 Å². The minimum atomic E-state index is 0.770. The van der Waals surface area contributed by atoms with Crippen LogP contribution in [0.4, 0.5) is 11.4 Å². The second kappa shape index (κ2) is 5.24. The first kappa shape index (κ1) is 12.5. The van der Waals surface area contributed by atoms with E-state index < -0.39 is 0 Å². The molecule has 0 bridgehead atoms. The maximum atomic E-state index is 5.93. The molecule has 0 aliphatic carbocycles. The maximum absolute atomic E-state index is 5.93. The van der Waals surface area contributed by atoms with E-state index >= 15 is 0 Å². The number of rotatable bonds is 2. The molecule has 19 heavy (non-hydrogen) atoms. The lowest BCUT2D eigenvalue weighted by molar-refractivity contribution is 0.644. The molecular weight excluding hydrogens is 256 g/mol. The summed E-state index contributed by atoms with van der Waals surface area (Å²) in [5.74, 6) is 0. The Labute approximate surface area is 119 Å². The Morgan fingerprint density at radius 1 is 1.00 bits per heavy atom. The van der Waals surface area contributed by atoms with Crippen LogP contribution in [0.3, 0.4) is 0 Å². The molecular formula is C16H17ClN2. The molecule has 0 atom stereocenters. The maximum Gasteiger partial charge on any atom is 0.0411 e. The molecule has 2 aromatic rings. The Morgan fingerprint density at radius 2 is 1.74 bits per heavy atom. The molecule has 1 heterocycles. The van der Waals surface area contributed by atoms with E-state index in [1.807, 2.05) is 24.3 Å². The standard InChI is InChI=1S/C16H17ClN2/c1-19(15-6-3-14(17)4-7-15)16-5-2-12-8-9-18-11-13(12)10-16/h2-7,10,18H,8-9,11H2,1H3. The van der Waals surface area contributed by atoms with Crippen molar-refractivity contribution < 1.29 is 0 Å². The lowest BCUT2D eigenvalue weighted by Crippen LogP contribution is -2.24. The molecule has 0 radical (unpaired) electrons. The highest BCUT2D eigenvalue weighted by Gasteiger charge is 2.11. The Balaban J connectivity index is 1.91. The zero-order valence-electron chi connectivity index (χ0n) is 11.0. The van der Waals surface area contributed by atoms with E-state index in [0.29, 0.717) is 0 Å². The lowest BCUT2D eigenvalue weighted by atomic mass is 10.00. The van der Waals surface area contributed by atoms with Crippen LogP contribution in [-0.4, -0.2) is 13.6 Å². The zero-order chi connectivity index (χ0) is 13.2. The minimum absolute atomic E-state index is 0.770. The molecule has 0 unspecified atom stereocenters. The number of benzene rings is 2. The van der Waals surface area contributed by atoms with Crippen LogP contribution in [0.25, 0.3) is 0 Å². The van der Waals surface area contributed by atoms with E-state index in [4.69, 9.17) is 11.6 Å². The third-order valence-corrected chi connectivity index (χ3v) is 3.93. The summed E-state index contributed by atoms with van der Waals surface area (Å²) >= 11 is 5.93. The number of halogens is 1. The predicted molar refractivity (Wildman–Crippen MR) is 81.4 cm³/mol. The molecule has 1 aliphatic rings. The summed E-state index contributed by atoms with van der Waals surface area (Å²) in [7, 11) is 2.08. The second-order valence-electron chi connectivity index (χ2n) is 4.92. The normalized spacial score (nSPS) is 14.0. The highest BCUT2D eigenvalue weighted by molar-refractivity contribution is 6.30. The van der Waals surface area contributed by atoms with E-state index in [1.165, 1.54) is 16.8 Å². The van der Waals surface area contributed by atoms with E-state index in [1.54, 1.807) is 0 Å². The molecule has 1 aliphatic heterocycles. The van der Waals surface area contributed by atoms with Crippen LogP contribution in [0.2, 0.25) is 5.02 Å². The summed E-state index contributed by atoms with van der Waals surface area (Å²) in [4.78, 5) is 2.19. The van der Waals surface area contributed by atoms with Gasteiger partial charge in [0.25, 0.3) is 0 Å². The molecule has 0 aromatic heterocycles. The topological polar surface area (TPSA) is 15.3 Å². The monoisotopic (exact) mass is 272 g/mol. The van der Waals surface area contributed by atoms with Crippen LogP contribution < -0.4 is 10.2 Å². The number of hydrogen-bond donors (Lipinski definition) is 1. The number of nitrogens with one attached hydrogen (secondary N) is 1. The Hall–Kier alpha value is -1.51. The van der Waals surface area contributed by atoms with Crippen molar-refractivity contribution in [2.24, 2.45) is 0 Å². The third-order valence-electron chi connectivity index (χ3n) is 3.68. The van der Waals surface area contributed by atoms with Crippen LogP contribution in [0, 0.1) is 0 Å². The van der Waals surface area contributed by atoms with Gasteiger partial charge in [0.15, 0.2) is 0 Å². The molecule has 3 heteroatoms. The van der Waals surface area contributed by atoms with Gasteiger partial charge in [0.05, 0.1) is 0 Å². The fourth-order valence-electron chi connectivity index (χ4n) is 2.49. The third kappa shape index (κ3) is 2.60. The zero-order valence-corrected chi connectivity index (χ0v) is 11.7. The molecule has 1 N–H and O–H groups in total. The smallest absolute Gasteiger partial charge is 0.0411 e. The van der Waals surface area contributed by atoms with Crippen molar-refractivity contribution in [3.63, 3.8) is 0 Å². The average molecular weight is 273 g/mol. The summed E-state index contributed by atoms with van der Waals surface area (Å²) in [6, 6.07) is 14.6. The first-order chi connectivity index (χ1) is 9.24. The number of anilines is 2. The molecule has 2 aromatic carbocycles. The van der Waals surface area contributed by atoms with Gasteiger partial charge in [-0.1, -0.05) is 17.7 Å². The van der Waals surface area contributed by atoms with Crippen molar-refractivity contribution in [1.29, 1.82) is 0 Å². The SMILES string of the molecule is CN(c1ccc(Cl)cc1)c1ccc2c(c1)CNCC2. The summed E-state index contributed by atoms with van der Waals surface area (Å²) in [6.45, 7) is 2.05. The highest BCUT2D eigenvalue weighted by atomic mass is 35.5. The fourth-order valence-corrected chi connectivity index (χ4v) is 2.62. The van der Waals surface area contributed by atoms with Crippen LogP contribution >= 0.6 is 11.6 Å². The van der Waals surface area contributed by atoms with Crippen molar-refractivity contribution in [3.05, 3.63) is 58.6 Å². The summed E-state index contributed by atoms with van der Waals surface area (Å²) < 4.78 is 0. The predicted octanol–water partition coefficient (Wildman–Crippen LogP) is 3.75. The first-order valence-corrected chi connectivity index (χ1v) is 6.93. The Kier molecular flexibility index (Phi) is 3.45. The van der Waals surface area contributed by atoms with Crippen LogP contribution in [0.1, 0.15) is 11.1 Å². The highest BCUT2D eigenvalue weighted by Crippen LogP contribution is 2.27. The molecule has 0 saturated carbocycles. The minimum Gasteiger partial charge on any atom is -0.345 e. The molecule has 0 fully saturated rings. The number of nitrogens with zero attached hydrogens (tertiary/aromatic N) is 1. The van der Waals surface area contributed by atoms with Gasteiger partial charge in [0, 0.05) is 30.0 Å². The van der Waals surface area contributed by atoms with Crippen molar-refractivity contribution in [2.45, 2.75) is 13.0 Å². The van der Waals surface area contributed by atoms with Crippen LogP contribution in [0.15, 0.2) is 42.5 Å². The van der Waals surface area contributed by atoms with E-state index in [0.717, 1.165) is 30.2 Å². The van der Waals surface area contributed by atoms with E-state index in [2.05, 4.69) is 35.5 Å². The molecule has 0 amide bonds. The molecule has 98 valence electrons. The fraction of sp³-hybridized carbons (Fsp3) is 0.250. The largest absolute Gasteiger partial charge is 0.345 e. The summed E-state index contributed by atoms with van der Waals surface area (Å²) in [6.07, 6.45) is 1.13. The lowest BCUT2D eigenvalue weighted by Gasteiger charge is -2.23. The average Bonchev–Trinajstić information content (AvgIpc) is 2.47. The van der Waals surface area contributed by atoms with Gasteiger partial charge in [0.1, 0.15) is 0 Å². The quantitative estimate of drug-likeness (QED) is 0.896. The first-order valence-electron chi connectivity index (χ1n) is 6.56. The van der Waals surface area contributed by atoms with Gasteiger partial charge in [0.2, 0.25) is 0 Å². The van der Waals surface area contributed by atoms with Crippen molar-refractivity contribution in [1.82, 2.24) is 5.32 Å². The van der Waals surface area contributed by atoms with Gasteiger partial charge in [-0.05, 0) is 60.5 Å². The van der Waals surface area contributed by atoms with Gasteiger partial charge in [-0.15, -0.1) is 0 Å². The van der Waals surface area contributed by atoms with Gasteiger partial charge < -0.3 is 10.2 Å². The molecule has 2 nitrogen and oxygen atoms in total. The van der Waals surface area contributed by atoms with Crippen molar-refractivity contribution >= 4 is 23.0 Å². The van der Waals surface area contributed by atoms with Gasteiger partial charge in [-0.25, -0.2) is 0 Å². The molecule has 0 spiro atoms. The molecule has 3 rings (SSSR count).